The Morgan fingerprint density at radius 3 is 3.00 bits per heavy atom. The summed E-state index contributed by atoms with van der Waals surface area (Å²) in [5.74, 6) is 0. The Morgan fingerprint density at radius 2 is 2.32 bits per heavy atom. The Balaban J connectivity index is 1.48. The third-order valence-electron chi connectivity index (χ3n) is 4.65. The molecule has 3 rings (SSSR count). The highest BCUT2D eigenvalue weighted by molar-refractivity contribution is 5.74. The number of aromatic nitrogens is 2. The molecular weight excluding hydrogens is 280 g/mol. The van der Waals surface area contributed by atoms with Crippen molar-refractivity contribution in [2.75, 3.05) is 13.1 Å². The molecule has 1 aromatic heterocycles. The Morgan fingerprint density at radius 1 is 1.45 bits per heavy atom. The number of amides is 2. The molecule has 2 atom stereocenters. The van der Waals surface area contributed by atoms with Gasteiger partial charge in [-0.1, -0.05) is 0 Å². The zero-order chi connectivity index (χ0) is 15.6. The Kier molecular flexibility index (Phi) is 4.38. The van der Waals surface area contributed by atoms with Crippen LogP contribution >= 0.6 is 0 Å². The molecule has 6 nitrogen and oxygen atoms in total. The van der Waals surface area contributed by atoms with Gasteiger partial charge in [-0.25, -0.2) is 9.78 Å². The third-order valence-corrected chi connectivity index (χ3v) is 4.65. The lowest BCUT2D eigenvalue weighted by Gasteiger charge is -2.26. The van der Waals surface area contributed by atoms with E-state index in [9.17, 15) is 4.79 Å². The van der Waals surface area contributed by atoms with Gasteiger partial charge >= 0.3 is 6.03 Å². The minimum atomic E-state index is -0.0486. The van der Waals surface area contributed by atoms with E-state index < -0.39 is 0 Å². The lowest BCUT2D eigenvalue weighted by Crippen LogP contribution is -2.46. The summed E-state index contributed by atoms with van der Waals surface area (Å²) in [6.07, 6.45) is 9.88. The smallest absolute Gasteiger partial charge is 0.317 e. The quantitative estimate of drug-likeness (QED) is 0.926. The summed E-state index contributed by atoms with van der Waals surface area (Å²) in [5, 5.41) is 3.05. The second-order valence-electron chi connectivity index (χ2n) is 6.97. The molecular formula is C16H26N4O2. The second-order valence-corrected chi connectivity index (χ2v) is 6.97. The zero-order valence-corrected chi connectivity index (χ0v) is 13.5. The van der Waals surface area contributed by atoms with Gasteiger partial charge in [0.2, 0.25) is 0 Å². The molecule has 122 valence electrons. The monoisotopic (exact) mass is 306 g/mol. The Hall–Kier alpha value is -1.56. The number of urea groups is 1. The van der Waals surface area contributed by atoms with Gasteiger partial charge in [0.05, 0.1) is 24.1 Å². The molecule has 2 aliphatic rings. The lowest BCUT2D eigenvalue weighted by atomic mass is 10.1. The van der Waals surface area contributed by atoms with Crippen molar-refractivity contribution < 1.29 is 9.53 Å². The minimum absolute atomic E-state index is 0.0379. The van der Waals surface area contributed by atoms with Gasteiger partial charge < -0.3 is 19.5 Å². The summed E-state index contributed by atoms with van der Waals surface area (Å²) >= 11 is 0. The van der Waals surface area contributed by atoms with Crippen LogP contribution in [-0.2, 0) is 11.3 Å². The number of imidazole rings is 1. The van der Waals surface area contributed by atoms with E-state index in [1.807, 2.05) is 22.0 Å². The first kappa shape index (κ1) is 15.3. The summed E-state index contributed by atoms with van der Waals surface area (Å²) < 4.78 is 7.97. The van der Waals surface area contributed by atoms with Crippen LogP contribution in [0.25, 0.3) is 0 Å². The van der Waals surface area contributed by atoms with Crippen LogP contribution in [0.15, 0.2) is 18.7 Å². The molecule has 2 saturated heterocycles. The van der Waals surface area contributed by atoms with E-state index in [0.717, 1.165) is 38.8 Å². The summed E-state index contributed by atoms with van der Waals surface area (Å²) in [6, 6.07) is 0.297. The van der Waals surface area contributed by atoms with E-state index in [0.29, 0.717) is 6.54 Å². The van der Waals surface area contributed by atoms with Gasteiger partial charge in [0.1, 0.15) is 0 Å². The van der Waals surface area contributed by atoms with Crippen LogP contribution in [0.2, 0.25) is 0 Å². The first-order chi connectivity index (χ1) is 10.5. The van der Waals surface area contributed by atoms with E-state index in [-0.39, 0.29) is 23.8 Å². The topological polar surface area (TPSA) is 59.4 Å². The number of rotatable bonds is 4. The Bertz CT molecular complexity index is 500. The molecule has 2 amide bonds. The fraction of sp³-hybridized carbons (Fsp3) is 0.750. The molecule has 1 aromatic rings. The normalized spacial score (nSPS) is 27.3. The molecule has 0 unspecified atom stereocenters. The molecule has 0 bridgehead atoms. The summed E-state index contributed by atoms with van der Waals surface area (Å²) in [5.41, 5.74) is -0.0486. The molecule has 2 fully saturated rings. The van der Waals surface area contributed by atoms with Crippen molar-refractivity contribution in [2.24, 2.45) is 0 Å². The van der Waals surface area contributed by atoms with Crippen LogP contribution in [0, 0.1) is 0 Å². The highest BCUT2D eigenvalue weighted by Crippen LogP contribution is 2.29. The number of carbonyl (C=O) groups excluding carboxylic acids is 1. The van der Waals surface area contributed by atoms with Crippen molar-refractivity contribution in [3.63, 3.8) is 0 Å². The van der Waals surface area contributed by atoms with Gasteiger partial charge in [-0.15, -0.1) is 0 Å². The molecule has 2 aliphatic heterocycles. The van der Waals surface area contributed by atoms with Crippen molar-refractivity contribution in [3.8, 4) is 0 Å². The molecule has 0 spiro atoms. The zero-order valence-electron chi connectivity index (χ0n) is 13.5. The van der Waals surface area contributed by atoms with Crippen molar-refractivity contribution in [2.45, 2.75) is 63.8 Å². The number of hydrogen-bond donors (Lipinski definition) is 1. The summed E-state index contributed by atoms with van der Waals surface area (Å²) in [6.45, 7) is 6.48. The highest BCUT2D eigenvalue weighted by Gasteiger charge is 2.33. The van der Waals surface area contributed by atoms with Gasteiger partial charge in [-0.05, 0) is 39.5 Å². The van der Waals surface area contributed by atoms with E-state index in [1.165, 1.54) is 0 Å². The highest BCUT2D eigenvalue weighted by atomic mass is 16.5. The van der Waals surface area contributed by atoms with Crippen LogP contribution in [-0.4, -0.2) is 51.3 Å². The van der Waals surface area contributed by atoms with Crippen LogP contribution in [0.1, 0.15) is 39.5 Å². The fourth-order valence-corrected chi connectivity index (χ4v) is 3.46. The van der Waals surface area contributed by atoms with Gasteiger partial charge in [0.25, 0.3) is 0 Å². The third kappa shape index (κ3) is 3.61. The standard InChI is InChI=1S/C16H26N4O2/c1-16(2)6-5-14(22-16)10-18-15(21)20-8-3-4-13(20)11-19-9-7-17-12-19/h7,9,12-14H,3-6,8,10-11H2,1-2H3,(H,18,21)/t13-,14+/m1/s1. The van der Waals surface area contributed by atoms with E-state index in [2.05, 4.69) is 24.1 Å². The number of ether oxygens (including phenoxy) is 1. The molecule has 22 heavy (non-hydrogen) atoms. The fourth-order valence-electron chi connectivity index (χ4n) is 3.46. The maximum atomic E-state index is 12.4. The van der Waals surface area contributed by atoms with E-state index in [1.54, 1.807) is 6.20 Å². The van der Waals surface area contributed by atoms with Gasteiger partial charge in [-0.3, -0.25) is 0 Å². The first-order valence-electron chi connectivity index (χ1n) is 8.21. The van der Waals surface area contributed by atoms with Gasteiger partial charge in [-0.2, -0.15) is 0 Å². The Labute approximate surface area is 131 Å². The molecule has 0 radical (unpaired) electrons. The first-order valence-corrected chi connectivity index (χ1v) is 8.21. The predicted molar refractivity (Wildman–Crippen MR) is 83.5 cm³/mol. The molecule has 3 heterocycles. The average molecular weight is 306 g/mol. The van der Waals surface area contributed by atoms with Crippen LogP contribution in [0.4, 0.5) is 4.79 Å². The van der Waals surface area contributed by atoms with Crippen molar-refractivity contribution in [3.05, 3.63) is 18.7 Å². The second kappa shape index (κ2) is 6.28. The predicted octanol–water partition coefficient (Wildman–Crippen LogP) is 2.01. The number of hydrogen-bond acceptors (Lipinski definition) is 3. The van der Waals surface area contributed by atoms with Crippen molar-refractivity contribution in [1.82, 2.24) is 19.8 Å². The summed E-state index contributed by atoms with van der Waals surface area (Å²) in [7, 11) is 0. The van der Waals surface area contributed by atoms with Crippen LogP contribution in [0.5, 0.6) is 0 Å². The largest absolute Gasteiger partial charge is 0.371 e. The van der Waals surface area contributed by atoms with Crippen LogP contribution < -0.4 is 5.32 Å². The minimum Gasteiger partial charge on any atom is -0.371 e. The van der Waals surface area contributed by atoms with Gasteiger partial charge in [0.15, 0.2) is 0 Å². The SMILES string of the molecule is CC1(C)CC[C@@H](CNC(=O)N2CCC[C@@H]2Cn2ccnc2)O1. The summed E-state index contributed by atoms with van der Waals surface area (Å²) in [4.78, 5) is 18.5. The number of carbonyl (C=O) groups is 1. The van der Waals surface area contributed by atoms with Crippen molar-refractivity contribution >= 4 is 6.03 Å². The van der Waals surface area contributed by atoms with Crippen LogP contribution in [0.3, 0.4) is 0 Å². The average Bonchev–Trinajstić information content (AvgIpc) is 3.18. The van der Waals surface area contributed by atoms with Gasteiger partial charge in [0, 0.05) is 32.0 Å². The number of likely N-dealkylation sites (tertiary alicyclic amines) is 1. The lowest BCUT2D eigenvalue weighted by molar-refractivity contribution is -0.0136. The molecule has 0 aliphatic carbocycles. The van der Waals surface area contributed by atoms with Crippen molar-refractivity contribution in [1.29, 1.82) is 0 Å². The van der Waals surface area contributed by atoms with E-state index in [4.69, 9.17) is 4.74 Å². The van der Waals surface area contributed by atoms with E-state index >= 15 is 0 Å². The molecule has 0 aromatic carbocycles. The molecule has 6 heteroatoms. The maximum absolute atomic E-state index is 12.4. The molecule has 0 saturated carbocycles. The maximum Gasteiger partial charge on any atom is 0.317 e. The number of nitrogens with zero attached hydrogens (tertiary/aromatic N) is 3. The number of nitrogens with one attached hydrogen (secondary N) is 1. The molecule has 1 N–H and O–H groups in total.